The number of ether oxygens (including phenoxy) is 1. The van der Waals surface area contributed by atoms with Crippen molar-refractivity contribution in [3.8, 4) is 5.75 Å². The highest BCUT2D eigenvalue weighted by Gasteiger charge is 2.26. The van der Waals surface area contributed by atoms with Crippen molar-refractivity contribution in [3.63, 3.8) is 0 Å². The minimum Gasteiger partial charge on any atom is -0.495 e. The SMILES string of the molecule is CCNC(=NCC1CCN(CCc2ccccc2)C1)NC1CCN(c2ccccc2OC)C1. The molecule has 0 spiro atoms. The van der Waals surface area contributed by atoms with Crippen LogP contribution in [0.2, 0.25) is 0 Å². The lowest BCUT2D eigenvalue weighted by Gasteiger charge is -2.22. The number of likely N-dealkylation sites (tertiary alicyclic amines) is 1. The van der Waals surface area contributed by atoms with Crippen molar-refractivity contribution < 1.29 is 4.74 Å². The number of hydrogen-bond donors (Lipinski definition) is 2. The van der Waals surface area contributed by atoms with E-state index in [0.717, 1.165) is 63.8 Å². The Morgan fingerprint density at radius 2 is 1.85 bits per heavy atom. The van der Waals surface area contributed by atoms with Crippen LogP contribution in [0.3, 0.4) is 0 Å². The molecular formula is C27H39N5O. The molecule has 178 valence electrons. The average Bonchev–Trinajstić information content (AvgIpc) is 3.51. The zero-order valence-electron chi connectivity index (χ0n) is 20.2. The van der Waals surface area contributed by atoms with Gasteiger partial charge in [0.05, 0.1) is 12.8 Å². The molecule has 4 rings (SSSR count). The van der Waals surface area contributed by atoms with Crippen molar-refractivity contribution in [1.29, 1.82) is 0 Å². The average molecular weight is 450 g/mol. The van der Waals surface area contributed by atoms with Gasteiger partial charge < -0.3 is 25.2 Å². The van der Waals surface area contributed by atoms with Gasteiger partial charge in [0.2, 0.25) is 0 Å². The Balaban J connectivity index is 1.25. The summed E-state index contributed by atoms with van der Waals surface area (Å²) in [5.74, 6) is 2.54. The highest BCUT2D eigenvalue weighted by Crippen LogP contribution is 2.30. The first-order valence-corrected chi connectivity index (χ1v) is 12.4. The van der Waals surface area contributed by atoms with Gasteiger partial charge >= 0.3 is 0 Å². The van der Waals surface area contributed by atoms with Gasteiger partial charge in [-0.3, -0.25) is 4.99 Å². The third-order valence-electron chi connectivity index (χ3n) is 6.74. The van der Waals surface area contributed by atoms with Crippen molar-refractivity contribution in [1.82, 2.24) is 15.5 Å². The summed E-state index contributed by atoms with van der Waals surface area (Å²) < 4.78 is 5.56. The highest BCUT2D eigenvalue weighted by atomic mass is 16.5. The monoisotopic (exact) mass is 449 g/mol. The van der Waals surface area contributed by atoms with Crippen molar-refractivity contribution in [3.05, 3.63) is 60.2 Å². The molecule has 2 fully saturated rings. The molecule has 2 atom stereocenters. The Labute approximate surface area is 199 Å². The Kier molecular flexibility index (Phi) is 8.47. The maximum absolute atomic E-state index is 5.56. The topological polar surface area (TPSA) is 52.1 Å². The lowest BCUT2D eigenvalue weighted by atomic mass is 10.1. The van der Waals surface area contributed by atoms with Crippen molar-refractivity contribution in [2.45, 2.75) is 32.2 Å². The third kappa shape index (κ3) is 6.64. The summed E-state index contributed by atoms with van der Waals surface area (Å²) in [6.07, 6.45) is 3.47. The first kappa shape index (κ1) is 23.4. The van der Waals surface area contributed by atoms with Gasteiger partial charge in [-0.1, -0.05) is 42.5 Å². The standard InChI is InChI=1S/C27H39N5O/c1-3-28-27(30-24-15-18-32(21-24)25-11-7-8-12-26(25)33-2)29-19-23-14-17-31(20-23)16-13-22-9-5-4-6-10-22/h4-12,23-24H,3,13-21H2,1-2H3,(H2,28,29,30). The predicted octanol–water partition coefficient (Wildman–Crippen LogP) is 3.39. The number of nitrogens with one attached hydrogen (secondary N) is 2. The number of anilines is 1. The minimum atomic E-state index is 0.388. The lowest BCUT2D eigenvalue weighted by molar-refractivity contribution is 0.329. The third-order valence-corrected chi connectivity index (χ3v) is 6.74. The van der Waals surface area contributed by atoms with E-state index in [4.69, 9.17) is 9.73 Å². The van der Waals surface area contributed by atoms with Crippen molar-refractivity contribution >= 4 is 11.6 Å². The second-order valence-electron chi connectivity index (χ2n) is 9.16. The molecule has 6 heteroatoms. The first-order chi connectivity index (χ1) is 16.2. The fourth-order valence-corrected chi connectivity index (χ4v) is 4.92. The number of rotatable bonds is 9. The number of para-hydroxylation sites is 2. The van der Waals surface area contributed by atoms with Crippen LogP contribution in [0.5, 0.6) is 5.75 Å². The largest absolute Gasteiger partial charge is 0.495 e. The Hall–Kier alpha value is -2.73. The van der Waals surface area contributed by atoms with E-state index in [1.165, 1.54) is 24.2 Å². The van der Waals surface area contributed by atoms with Crippen LogP contribution in [-0.2, 0) is 6.42 Å². The fraction of sp³-hybridized carbons (Fsp3) is 0.519. The van der Waals surface area contributed by atoms with Gasteiger partial charge in [0, 0.05) is 45.3 Å². The molecule has 33 heavy (non-hydrogen) atoms. The van der Waals surface area contributed by atoms with E-state index in [2.05, 4.69) is 69.8 Å². The summed E-state index contributed by atoms with van der Waals surface area (Å²) in [7, 11) is 1.74. The molecule has 2 unspecified atom stereocenters. The summed E-state index contributed by atoms with van der Waals surface area (Å²) in [6.45, 7) is 9.37. The number of methoxy groups -OCH3 is 1. The van der Waals surface area contributed by atoms with Gasteiger partial charge in [-0.25, -0.2) is 0 Å². The van der Waals surface area contributed by atoms with Gasteiger partial charge in [-0.2, -0.15) is 0 Å². The molecule has 2 aromatic rings. The van der Waals surface area contributed by atoms with E-state index < -0.39 is 0 Å². The van der Waals surface area contributed by atoms with E-state index in [0.29, 0.717) is 12.0 Å². The Morgan fingerprint density at radius 1 is 1.03 bits per heavy atom. The number of nitrogens with zero attached hydrogens (tertiary/aromatic N) is 3. The van der Waals surface area contributed by atoms with E-state index in [-0.39, 0.29) is 0 Å². The number of hydrogen-bond acceptors (Lipinski definition) is 4. The van der Waals surface area contributed by atoms with Gasteiger partial charge in [0.15, 0.2) is 5.96 Å². The number of benzene rings is 2. The van der Waals surface area contributed by atoms with Crippen LogP contribution in [-0.4, -0.2) is 69.8 Å². The van der Waals surface area contributed by atoms with Crippen LogP contribution in [0.1, 0.15) is 25.3 Å². The van der Waals surface area contributed by atoms with Gasteiger partial charge in [0.1, 0.15) is 5.75 Å². The molecule has 2 heterocycles. The van der Waals surface area contributed by atoms with Crippen LogP contribution in [0.15, 0.2) is 59.6 Å². The van der Waals surface area contributed by atoms with E-state index in [1.54, 1.807) is 7.11 Å². The molecule has 0 aliphatic carbocycles. The van der Waals surface area contributed by atoms with Gasteiger partial charge in [0.25, 0.3) is 0 Å². The van der Waals surface area contributed by atoms with E-state index in [9.17, 15) is 0 Å². The molecule has 2 aliphatic heterocycles. The molecule has 6 nitrogen and oxygen atoms in total. The second kappa shape index (κ2) is 11.9. The molecule has 2 saturated heterocycles. The summed E-state index contributed by atoms with van der Waals surface area (Å²) in [5, 5.41) is 7.13. The molecular weight excluding hydrogens is 410 g/mol. The first-order valence-electron chi connectivity index (χ1n) is 12.4. The molecule has 2 aliphatic rings. The predicted molar refractivity (Wildman–Crippen MR) is 137 cm³/mol. The number of aliphatic imine (C=N–C) groups is 1. The zero-order valence-corrected chi connectivity index (χ0v) is 20.2. The van der Waals surface area contributed by atoms with Crippen LogP contribution >= 0.6 is 0 Å². The maximum atomic E-state index is 5.56. The molecule has 0 bridgehead atoms. The molecule has 0 aromatic heterocycles. The van der Waals surface area contributed by atoms with E-state index in [1.807, 2.05) is 12.1 Å². The van der Waals surface area contributed by atoms with Gasteiger partial charge in [-0.15, -0.1) is 0 Å². The summed E-state index contributed by atoms with van der Waals surface area (Å²) in [6, 6.07) is 19.5. The number of guanidine groups is 1. The minimum absolute atomic E-state index is 0.388. The summed E-state index contributed by atoms with van der Waals surface area (Å²) in [4.78, 5) is 9.97. The van der Waals surface area contributed by atoms with Crippen LogP contribution < -0.4 is 20.3 Å². The van der Waals surface area contributed by atoms with Crippen LogP contribution in [0.4, 0.5) is 5.69 Å². The normalized spacial score (nSPS) is 21.4. The molecule has 0 radical (unpaired) electrons. The quantitative estimate of drug-likeness (QED) is 0.454. The van der Waals surface area contributed by atoms with Crippen molar-refractivity contribution in [2.75, 3.05) is 57.8 Å². The summed E-state index contributed by atoms with van der Waals surface area (Å²) >= 11 is 0. The van der Waals surface area contributed by atoms with Crippen LogP contribution in [0, 0.1) is 5.92 Å². The van der Waals surface area contributed by atoms with E-state index >= 15 is 0 Å². The Bertz CT molecular complexity index is 887. The zero-order chi connectivity index (χ0) is 22.9. The second-order valence-corrected chi connectivity index (χ2v) is 9.16. The van der Waals surface area contributed by atoms with Gasteiger partial charge in [-0.05, 0) is 56.3 Å². The Morgan fingerprint density at radius 3 is 2.67 bits per heavy atom. The van der Waals surface area contributed by atoms with Crippen LogP contribution in [0.25, 0.3) is 0 Å². The van der Waals surface area contributed by atoms with Crippen molar-refractivity contribution in [2.24, 2.45) is 10.9 Å². The molecule has 0 amide bonds. The highest BCUT2D eigenvalue weighted by molar-refractivity contribution is 5.80. The maximum Gasteiger partial charge on any atom is 0.191 e. The smallest absolute Gasteiger partial charge is 0.191 e. The molecule has 2 aromatic carbocycles. The molecule has 0 saturated carbocycles. The summed E-state index contributed by atoms with van der Waals surface area (Å²) in [5.41, 5.74) is 2.60. The molecule has 2 N–H and O–H groups in total. The lowest BCUT2D eigenvalue weighted by Crippen LogP contribution is -2.45. The fourth-order valence-electron chi connectivity index (χ4n) is 4.92.